The molecule has 0 aromatic heterocycles. The van der Waals surface area contributed by atoms with Gasteiger partial charge in [-0.3, -0.25) is 0 Å². The van der Waals surface area contributed by atoms with Gasteiger partial charge < -0.3 is 15.8 Å². The Hall–Kier alpha value is -0.410. The first-order valence-corrected chi connectivity index (χ1v) is 11.7. The molecule has 1 unspecified atom stereocenters. The lowest BCUT2D eigenvalue weighted by Crippen LogP contribution is -2.28. The number of aldehydes is 1. The number of nitrogens with one attached hydrogen (secondary N) is 1. The molecule has 0 aliphatic rings. The maximum absolute atomic E-state index is 11.0. The first-order chi connectivity index (χ1) is 12.8. The van der Waals surface area contributed by atoms with Crippen molar-refractivity contribution in [3.8, 4) is 0 Å². The van der Waals surface area contributed by atoms with Gasteiger partial charge in [0.25, 0.3) is 0 Å². The normalized spacial score (nSPS) is 12.4. The number of unbranched alkanes of at least 4 members (excludes halogenated alkanes) is 15. The van der Waals surface area contributed by atoms with Gasteiger partial charge in [0.2, 0.25) is 0 Å². The molecule has 0 aliphatic heterocycles. The molecule has 26 heavy (non-hydrogen) atoms. The molecule has 0 saturated heterocycles. The molecule has 1 atom stereocenters. The molecule has 0 aromatic carbocycles. The largest absolute Gasteiger partial charge is 0.329 e. The van der Waals surface area contributed by atoms with Crippen LogP contribution in [0.25, 0.3) is 0 Å². The Labute approximate surface area is 164 Å². The highest BCUT2D eigenvalue weighted by atomic mass is 16.1. The lowest BCUT2D eigenvalue weighted by Gasteiger charge is -2.10. The van der Waals surface area contributed by atoms with Crippen LogP contribution in [-0.4, -0.2) is 25.9 Å². The van der Waals surface area contributed by atoms with Crippen molar-refractivity contribution in [3.63, 3.8) is 0 Å². The highest BCUT2D eigenvalue weighted by Gasteiger charge is 2.05. The average Bonchev–Trinajstić information content (AvgIpc) is 2.66. The van der Waals surface area contributed by atoms with Crippen molar-refractivity contribution in [1.29, 1.82) is 0 Å². The van der Waals surface area contributed by atoms with E-state index in [1.54, 1.807) is 0 Å². The summed E-state index contributed by atoms with van der Waals surface area (Å²) in [5, 5.41) is 3.23. The van der Waals surface area contributed by atoms with Gasteiger partial charge in [-0.1, -0.05) is 110 Å². The first-order valence-electron chi connectivity index (χ1n) is 11.7. The molecular weight excluding hydrogens is 320 g/mol. The molecule has 0 radical (unpaired) electrons. The minimum absolute atomic E-state index is 0.174. The highest BCUT2D eigenvalue weighted by Crippen LogP contribution is 2.14. The predicted molar refractivity (Wildman–Crippen MR) is 116 cm³/mol. The SMILES string of the molecule is CCCCCCCCCCCCCCCCCCC(C=O)CNCCN. The number of carbonyl (C=O) groups excluding carboxylic acids is 1. The molecule has 0 amide bonds. The number of nitrogens with two attached hydrogens (primary N) is 1. The molecule has 3 nitrogen and oxygen atoms in total. The van der Waals surface area contributed by atoms with Gasteiger partial charge >= 0.3 is 0 Å². The molecule has 0 aliphatic carbocycles. The van der Waals surface area contributed by atoms with E-state index in [-0.39, 0.29) is 5.92 Å². The van der Waals surface area contributed by atoms with Gasteiger partial charge in [-0.2, -0.15) is 0 Å². The molecule has 0 fully saturated rings. The van der Waals surface area contributed by atoms with E-state index < -0.39 is 0 Å². The lowest BCUT2D eigenvalue weighted by atomic mass is 10.0. The monoisotopic (exact) mass is 368 g/mol. The summed E-state index contributed by atoms with van der Waals surface area (Å²) < 4.78 is 0. The molecule has 0 spiro atoms. The van der Waals surface area contributed by atoms with Crippen molar-refractivity contribution in [3.05, 3.63) is 0 Å². The second-order valence-corrected chi connectivity index (χ2v) is 7.98. The molecule has 0 bridgehead atoms. The van der Waals surface area contributed by atoms with Crippen LogP contribution in [0.4, 0.5) is 0 Å². The third-order valence-corrected chi connectivity index (χ3v) is 5.35. The minimum Gasteiger partial charge on any atom is -0.329 e. The van der Waals surface area contributed by atoms with Crippen LogP contribution in [0.15, 0.2) is 0 Å². The van der Waals surface area contributed by atoms with Gasteiger partial charge in [0.05, 0.1) is 0 Å². The van der Waals surface area contributed by atoms with E-state index in [1.807, 2.05) is 0 Å². The van der Waals surface area contributed by atoms with Crippen LogP contribution < -0.4 is 11.1 Å². The summed E-state index contributed by atoms with van der Waals surface area (Å²) >= 11 is 0. The van der Waals surface area contributed by atoms with E-state index in [0.29, 0.717) is 6.54 Å². The first kappa shape index (κ1) is 25.6. The van der Waals surface area contributed by atoms with Gasteiger partial charge in [0, 0.05) is 25.6 Å². The van der Waals surface area contributed by atoms with Crippen LogP contribution in [-0.2, 0) is 4.79 Å². The van der Waals surface area contributed by atoms with Crippen LogP contribution in [0.2, 0.25) is 0 Å². The maximum atomic E-state index is 11.0. The van der Waals surface area contributed by atoms with E-state index >= 15 is 0 Å². The van der Waals surface area contributed by atoms with Crippen molar-refractivity contribution in [2.45, 2.75) is 116 Å². The molecular formula is C23H48N2O. The summed E-state index contributed by atoms with van der Waals surface area (Å²) in [5.41, 5.74) is 5.45. The number of carbonyl (C=O) groups is 1. The Morgan fingerprint density at radius 1 is 0.731 bits per heavy atom. The lowest BCUT2D eigenvalue weighted by molar-refractivity contribution is -0.111. The summed E-state index contributed by atoms with van der Waals surface area (Å²) in [6, 6.07) is 0. The zero-order valence-corrected chi connectivity index (χ0v) is 17.8. The fraction of sp³-hybridized carbons (Fsp3) is 0.957. The number of hydrogen-bond donors (Lipinski definition) is 2. The zero-order valence-electron chi connectivity index (χ0n) is 17.8. The Balaban J connectivity index is 3.15. The van der Waals surface area contributed by atoms with Gasteiger partial charge in [-0.15, -0.1) is 0 Å². The van der Waals surface area contributed by atoms with Crippen molar-refractivity contribution < 1.29 is 4.79 Å². The van der Waals surface area contributed by atoms with E-state index in [9.17, 15) is 4.79 Å². The van der Waals surface area contributed by atoms with E-state index in [4.69, 9.17) is 5.73 Å². The molecule has 0 saturated carbocycles. The van der Waals surface area contributed by atoms with Crippen molar-refractivity contribution in [1.82, 2.24) is 5.32 Å². The van der Waals surface area contributed by atoms with Crippen molar-refractivity contribution in [2.24, 2.45) is 11.7 Å². The summed E-state index contributed by atoms with van der Waals surface area (Å²) in [6.07, 6.45) is 24.4. The van der Waals surface area contributed by atoms with Gasteiger partial charge in [-0.25, -0.2) is 0 Å². The van der Waals surface area contributed by atoms with Gasteiger partial charge in [-0.05, 0) is 6.42 Å². The second-order valence-electron chi connectivity index (χ2n) is 7.98. The summed E-state index contributed by atoms with van der Waals surface area (Å²) in [7, 11) is 0. The standard InChI is InChI=1S/C23H48N2O/c1-2-3-4-5-6-7-8-9-10-11-12-13-14-15-16-17-18-23(22-26)21-25-20-19-24/h22-23,25H,2-21,24H2,1H3. The Bertz CT molecular complexity index is 271. The molecule has 3 heteroatoms. The summed E-state index contributed by atoms with van der Waals surface area (Å²) in [6.45, 7) is 4.53. The molecule has 0 heterocycles. The molecule has 3 N–H and O–H groups in total. The number of rotatable bonds is 22. The van der Waals surface area contributed by atoms with Crippen LogP contribution in [0.5, 0.6) is 0 Å². The van der Waals surface area contributed by atoms with Gasteiger partial charge in [0.1, 0.15) is 6.29 Å². The van der Waals surface area contributed by atoms with E-state index in [0.717, 1.165) is 25.8 Å². The van der Waals surface area contributed by atoms with Gasteiger partial charge in [0.15, 0.2) is 0 Å². The second kappa shape index (κ2) is 22.6. The van der Waals surface area contributed by atoms with E-state index in [1.165, 1.54) is 103 Å². The quantitative estimate of drug-likeness (QED) is 0.182. The topological polar surface area (TPSA) is 55.1 Å². The molecule has 0 rings (SSSR count). The highest BCUT2D eigenvalue weighted by molar-refractivity contribution is 5.53. The summed E-state index contributed by atoms with van der Waals surface area (Å²) in [4.78, 5) is 11.0. The average molecular weight is 369 g/mol. The van der Waals surface area contributed by atoms with E-state index in [2.05, 4.69) is 12.2 Å². The fourth-order valence-electron chi connectivity index (χ4n) is 3.56. The Morgan fingerprint density at radius 3 is 1.54 bits per heavy atom. The zero-order chi connectivity index (χ0) is 19.1. The molecule has 156 valence electrons. The van der Waals surface area contributed by atoms with Crippen molar-refractivity contribution >= 4 is 6.29 Å². The Morgan fingerprint density at radius 2 is 1.15 bits per heavy atom. The third-order valence-electron chi connectivity index (χ3n) is 5.35. The minimum atomic E-state index is 0.174. The molecule has 0 aromatic rings. The maximum Gasteiger partial charge on any atom is 0.124 e. The smallest absolute Gasteiger partial charge is 0.124 e. The van der Waals surface area contributed by atoms with Crippen LogP contribution in [0.3, 0.4) is 0 Å². The van der Waals surface area contributed by atoms with Crippen LogP contribution in [0, 0.1) is 5.92 Å². The number of hydrogen-bond acceptors (Lipinski definition) is 3. The third kappa shape index (κ3) is 19.9. The summed E-state index contributed by atoms with van der Waals surface area (Å²) in [5.74, 6) is 0.174. The predicted octanol–water partition coefficient (Wildman–Crippen LogP) is 6.00. The van der Waals surface area contributed by atoms with Crippen LogP contribution in [0.1, 0.15) is 116 Å². The van der Waals surface area contributed by atoms with Crippen molar-refractivity contribution in [2.75, 3.05) is 19.6 Å². The van der Waals surface area contributed by atoms with Crippen LogP contribution >= 0.6 is 0 Å². The Kier molecular flexibility index (Phi) is 22.3. The fourth-order valence-corrected chi connectivity index (χ4v) is 3.56.